The van der Waals surface area contributed by atoms with E-state index >= 15 is 0 Å². The number of nitrogens with zero attached hydrogens (tertiary/aromatic N) is 3. The Kier molecular flexibility index (Phi) is 2.07. The van der Waals surface area contributed by atoms with Crippen molar-refractivity contribution in [2.75, 3.05) is 0 Å². The van der Waals surface area contributed by atoms with Crippen LogP contribution in [0.4, 0.5) is 0 Å². The van der Waals surface area contributed by atoms with E-state index in [2.05, 4.69) is 35.4 Å². The lowest BCUT2D eigenvalue weighted by Gasteiger charge is -1.91. The highest BCUT2D eigenvalue weighted by Gasteiger charge is 2.07. The van der Waals surface area contributed by atoms with Crippen molar-refractivity contribution in [3.63, 3.8) is 0 Å². The van der Waals surface area contributed by atoms with Crippen LogP contribution >= 0.6 is 36.9 Å². The fourth-order valence-electron chi connectivity index (χ4n) is 0.960. The summed E-state index contributed by atoms with van der Waals surface area (Å²) in [4.78, 5) is 4.18. The third kappa shape index (κ3) is 1.24. The summed E-state index contributed by atoms with van der Waals surface area (Å²) >= 11 is 9.08. The minimum absolute atomic E-state index is 0.418. The van der Waals surface area contributed by atoms with Crippen LogP contribution in [0.5, 0.6) is 0 Å². The van der Waals surface area contributed by atoms with Crippen LogP contribution in [-0.2, 0) is 0 Å². The van der Waals surface area contributed by atoms with Crippen molar-refractivity contribution in [3.05, 3.63) is 21.9 Å². The first-order chi connectivity index (χ1) is 5.68. The SMILES string of the molecule is Pn1nc(Cl)c2nc(Br)ccc21. The molecule has 0 bridgehead atoms. The number of halogens is 2. The van der Waals surface area contributed by atoms with E-state index in [9.17, 15) is 0 Å². The fraction of sp³-hybridized carbons (Fsp3) is 0. The summed E-state index contributed by atoms with van der Waals surface area (Å²) < 4.78 is 2.38. The summed E-state index contributed by atoms with van der Waals surface area (Å²) in [5, 5.41) is 4.41. The molecule has 62 valence electrons. The van der Waals surface area contributed by atoms with E-state index in [1.165, 1.54) is 0 Å². The minimum atomic E-state index is 0.418. The van der Waals surface area contributed by atoms with Crippen LogP contribution in [0.3, 0.4) is 0 Å². The second kappa shape index (κ2) is 2.95. The largest absolute Gasteiger partial charge is 0.248 e. The van der Waals surface area contributed by atoms with E-state index in [0.29, 0.717) is 10.7 Å². The van der Waals surface area contributed by atoms with E-state index < -0.39 is 0 Å². The van der Waals surface area contributed by atoms with Gasteiger partial charge in [0.25, 0.3) is 0 Å². The van der Waals surface area contributed by atoms with Gasteiger partial charge in [-0.25, -0.2) is 9.44 Å². The smallest absolute Gasteiger partial charge is 0.177 e. The first-order valence-electron chi connectivity index (χ1n) is 3.14. The van der Waals surface area contributed by atoms with Gasteiger partial charge in [0.2, 0.25) is 0 Å². The molecule has 2 heterocycles. The Morgan fingerprint density at radius 3 is 3.00 bits per heavy atom. The Labute approximate surface area is 84.5 Å². The van der Waals surface area contributed by atoms with E-state index in [4.69, 9.17) is 11.6 Å². The van der Waals surface area contributed by atoms with Gasteiger partial charge >= 0.3 is 0 Å². The van der Waals surface area contributed by atoms with Crippen LogP contribution in [0.15, 0.2) is 16.7 Å². The maximum atomic E-state index is 5.82. The predicted molar refractivity (Wildman–Crippen MR) is 55.3 cm³/mol. The Morgan fingerprint density at radius 1 is 1.50 bits per heavy atom. The number of aromatic nitrogens is 3. The molecule has 12 heavy (non-hydrogen) atoms. The Morgan fingerprint density at radius 2 is 2.25 bits per heavy atom. The molecule has 1 atom stereocenters. The van der Waals surface area contributed by atoms with Gasteiger partial charge in [0.1, 0.15) is 10.1 Å². The molecule has 3 nitrogen and oxygen atoms in total. The molecule has 0 fully saturated rings. The number of fused-ring (bicyclic) bond motifs is 1. The van der Waals surface area contributed by atoms with Gasteiger partial charge in [-0.1, -0.05) is 11.6 Å². The molecule has 0 spiro atoms. The van der Waals surface area contributed by atoms with Gasteiger partial charge in [0, 0.05) is 0 Å². The van der Waals surface area contributed by atoms with Gasteiger partial charge in [-0.3, -0.25) is 0 Å². The molecule has 0 aromatic carbocycles. The van der Waals surface area contributed by atoms with E-state index in [0.717, 1.165) is 10.1 Å². The van der Waals surface area contributed by atoms with Crippen molar-refractivity contribution in [2.24, 2.45) is 0 Å². The van der Waals surface area contributed by atoms with Gasteiger partial charge in [-0.2, -0.15) is 5.10 Å². The molecule has 0 saturated heterocycles. The summed E-state index contributed by atoms with van der Waals surface area (Å²) in [6.45, 7) is 0. The molecule has 0 aliphatic heterocycles. The molecule has 0 aliphatic carbocycles. The van der Waals surface area contributed by atoms with Crippen LogP contribution in [0.25, 0.3) is 11.0 Å². The van der Waals surface area contributed by atoms with Crippen molar-refractivity contribution in [1.29, 1.82) is 0 Å². The van der Waals surface area contributed by atoms with Crippen LogP contribution in [0.2, 0.25) is 5.15 Å². The maximum absolute atomic E-state index is 5.82. The molecule has 2 rings (SSSR count). The Bertz CT molecular complexity index is 442. The molecule has 0 radical (unpaired) electrons. The van der Waals surface area contributed by atoms with Gasteiger partial charge in [-0.15, -0.1) is 0 Å². The fourth-order valence-corrected chi connectivity index (χ4v) is 1.89. The molecular formula is C6H4BrClN3P. The molecule has 0 N–H and O–H groups in total. The second-order valence-electron chi connectivity index (χ2n) is 2.24. The van der Waals surface area contributed by atoms with Gasteiger partial charge in [0.05, 0.1) is 5.52 Å². The number of hydrogen-bond donors (Lipinski definition) is 0. The van der Waals surface area contributed by atoms with Crippen LogP contribution in [0.1, 0.15) is 0 Å². The van der Waals surface area contributed by atoms with E-state index in [1.54, 1.807) is 4.45 Å². The van der Waals surface area contributed by atoms with Gasteiger partial charge in [0.15, 0.2) is 5.15 Å². The van der Waals surface area contributed by atoms with Crippen molar-refractivity contribution in [3.8, 4) is 0 Å². The standard InChI is InChI=1S/C6H4BrClN3P/c7-4-2-1-3-5(9-4)6(8)10-11(3)12/h1-2H,12H2. The summed E-state index contributed by atoms with van der Waals surface area (Å²) in [6.07, 6.45) is 0. The van der Waals surface area contributed by atoms with Crippen LogP contribution in [-0.4, -0.2) is 14.5 Å². The number of pyridine rings is 1. The maximum Gasteiger partial charge on any atom is 0.177 e. The summed E-state index contributed by atoms with van der Waals surface area (Å²) in [5.74, 6) is 0. The molecule has 0 saturated carbocycles. The van der Waals surface area contributed by atoms with Crippen LogP contribution in [0, 0.1) is 0 Å². The monoisotopic (exact) mass is 263 g/mol. The highest BCUT2D eigenvalue weighted by Crippen LogP contribution is 2.23. The first kappa shape index (κ1) is 8.42. The molecule has 0 amide bonds. The lowest BCUT2D eigenvalue weighted by molar-refractivity contribution is 1.04. The van der Waals surface area contributed by atoms with Gasteiger partial charge in [-0.05, 0) is 37.5 Å². The normalized spacial score (nSPS) is 10.9. The Balaban J connectivity index is 2.90. The van der Waals surface area contributed by atoms with Gasteiger partial charge < -0.3 is 0 Å². The Hall–Kier alpha value is -0.180. The second-order valence-corrected chi connectivity index (χ2v) is 3.90. The number of hydrogen-bond acceptors (Lipinski definition) is 2. The predicted octanol–water partition coefficient (Wildman–Crippen LogP) is 2.49. The molecule has 1 unspecified atom stereocenters. The topological polar surface area (TPSA) is 30.7 Å². The third-order valence-electron chi connectivity index (χ3n) is 1.48. The molecule has 2 aromatic heterocycles. The number of rotatable bonds is 0. The quantitative estimate of drug-likeness (QED) is 0.540. The first-order valence-corrected chi connectivity index (χ1v) is 4.83. The van der Waals surface area contributed by atoms with Crippen molar-refractivity contribution in [1.82, 2.24) is 14.5 Å². The zero-order valence-electron chi connectivity index (χ0n) is 5.83. The van der Waals surface area contributed by atoms with E-state index in [-0.39, 0.29) is 0 Å². The van der Waals surface area contributed by atoms with Crippen molar-refractivity contribution in [2.45, 2.75) is 0 Å². The van der Waals surface area contributed by atoms with Crippen LogP contribution < -0.4 is 0 Å². The lowest BCUT2D eigenvalue weighted by Crippen LogP contribution is -1.80. The highest BCUT2D eigenvalue weighted by molar-refractivity contribution is 9.10. The zero-order valence-corrected chi connectivity index (χ0v) is 9.33. The third-order valence-corrected chi connectivity index (χ3v) is 2.57. The molecular weight excluding hydrogens is 260 g/mol. The average Bonchev–Trinajstić information content (AvgIpc) is 2.28. The summed E-state index contributed by atoms with van der Waals surface area (Å²) in [6, 6.07) is 3.75. The van der Waals surface area contributed by atoms with Crippen molar-refractivity contribution >= 4 is 48.0 Å². The molecule has 0 aliphatic rings. The molecule has 6 heteroatoms. The molecule has 2 aromatic rings. The summed E-state index contributed by atoms with van der Waals surface area (Å²) in [7, 11) is 2.45. The highest BCUT2D eigenvalue weighted by atomic mass is 79.9. The van der Waals surface area contributed by atoms with E-state index in [1.807, 2.05) is 12.1 Å². The average molecular weight is 264 g/mol. The summed E-state index contributed by atoms with van der Waals surface area (Å²) in [5.41, 5.74) is 1.61. The zero-order chi connectivity index (χ0) is 8.72. The minimum Gasteiger partial charge on any atom is -0.248 e. The lowest BCUT2D eigenvalue weighted by atomic mass is 10.4. The van der Waals surface area contributed by atoms with Crippen molar-refractivity contribution < 1.29 is 0 Å².